The predicted molar refractivity (Wildman–Crippen MR) is 57.6 cm³/mol. The van der Waals surface area contributed by atoms with Crippen molar-refractivity contribution in [3.05, 3.63) is 0 Å². The van der Waals surface area contributed by atoms with Gasteiger partial charge in [-0.15, -0.1) is 0 Å². The summed E-state index contributed by atoms with van der Waals surface area (Å²) in [7, 11) is 0. The van der Waals surface area contributed by atoms with Crippen molar-refractivity contribution >= 4 is 5.97 Å². The van der Waals surface area contributed by atoms with Crippen LogP contribution in [0.15, 0.2) is 0 Å². The lowest BCUT2D eigenvalue weighted by Crippen LogP contribution is -2.46. The molecule has 0 radical (unpaired) electrons. The molecule has 0 amide bonds. The zero-order chi connectivity index (χ0) is 11.5. The van der Waals surface area contributed by atoms with Crippen LogP contribution in [-0.2, 0) is 9.53 Å². The van der Waals surface area contributed by atoms with Crippen molar-refractivity contribution in [2.24, 2.45) is 11.1 Å². The molecule has 0 aliphatic heterocycles. The molecule has 0 spiro atoms. The second kappa shape index (κ2) is 4.49. The highest BCUT2D eigenvalue weighted by atomic mass is 16.5. The maximum atomic E-state index is 10.5. The van der Waals surface area contributed by atoms with Crippen LogP contribution in [0.4, 0.5) is 0 Å². The standard InChI is InChI=1S/C11H21NO3/c1-10(2)3-5-11(8-12,6-4-10)15-7-9(13)14/h3-8,12H2,1-2H3,(H,13,14). The molecule has 1 aliphatic rings. The predicted octanol–water partition coefficient (Wildman–Crippen LogP) is 1.39. The first-order valence-corrected chi connectivity index (χ1v) is 5.45. The molecule has 1 aliphatic carbocycles. The third-order valence-electron chi connectivity index (χ3n) is 3.39. The van der Waals surface area contributed by atoms with Crippen molar-refractivity contribution in [1.29, 1.82) is 0 Å². The number of hydrogen-bond acceptors (Lipinski definition) is 3. The molecule has 0 aromatic carbocycles. The van der Waals surface area contributed by atoms with Crippen LogP contribution in [-0.4, -0.2) is 29.8 Å². The van der Waals surface area contributed by atoms with Gasteiger partial charge in [0, 0.05) is 6.54 Å². The molecular weight excluding hydrogens is 194 g/mol. The van der Waals surface area contributed by atoms with Crippen LogP contribution >= 0.6 is 0 Å². The molecule has 1 saturated carbocycles. The normalized spacial score (nSPS) is 23.7. The molecule has 1 fully saturated rings. The lowest BCUT2D eigenvalue weighted by atomic mass is 9.71. The van der Waals surface area contributed by atoms with E-state index in [1.807, 2.05) is 0 Å². The van der Waals surface area contributed by atoms with Crippen molar-refractivity contribution in [3.8, 4) is 0 Å². The van der Waals surface area contributed by atoms with Gasteiger partial charge in [-0.25, -0.2) is 4.79 Å². The Bertz CT molecular complexity index is 228. The van der Waals surface area contributed by atoms with Crippen LogP contribution in [0.5, 0.6) is 0 Å². The highest BCUT2D eigenvalue weighted by molar-refractivity contribution is 5.68. The van der Waals surface area contributed by atoms with E-state index in [9.17, 15) is 4.79 Å². The Morgan fingerprint density at radius 2 is 1.87 bits per heavy atom. The minimum Gasteiger partial charge on any atom is -0.480 e. The topological polar surface area (TPSA) is 72.5 Å². The van der Waals surface area contributed by atoms with Crippen molar-refractivity contribution in [2.45, 2.75) is 45.1 Å². The maximum Gasteiger partial charge on any atom is 0.329 e. The van der Waals surface area contributed by atoms with Gasteiger partial charge in [0.25, 0.3) is 0 Å². The lowest BCUT2D eigenvalue weighted by molar-refractivity contribution is -0.153. The van der Waals surface area contributed by atoms with Gasteiger partial charge < -0.3 is 15.6 Å². The van der Waals surface area contributed by atoms with E-state index in [-0.39, 0.29) is 6.61 Å². The van der Waals surface area contributed by atoms with Crippen molar-refractivity contribution in [3.63, 3.8) is 0 Å². The van der Waals surface area contributed by atoms with Gasteiger partial charge in [-0.1, -0.05) is 13.8 Å². The summed E-state index contributed by atoms with van der Waals surface area (Å²) in [6, 6.07) is 0. The van der Waals surface area contributed by atoms with Crippen LogP contribution in [0.25, 0.3) is 0 Å². The van der Waals surface area contributed by atoms with E-state index >= 15 is 0 Å². The molecule has 4 heteroatoms. The zero-order valence-corrected chi connectivity index (χ0v) is 9.58. The van der Waals surface area contributed by atoms with Crippen LogP contribution in [0.1, 0.15) is 39.5 Å². The number of carbonyl (C=O) groups is 1. The number of carboxylic acid groups (broad SMARTS) is 1. The minimum absolute atomic E-state index is 0.238. The van der Waals surface area contributed by atoms with Crippen LogP contribution < -0.4 is 5.73 Å². The first-order valence-electron chi connectivity index (χ1n) is 5.45. The molecule has 0 atom stereocenters. The Morgan fingerprint density at radius 1 is 1.33 bits per heavy atom. The molecule has 0 heterocycles. The summed E-state index contributed by atoms with van der Waals surface area (Å²) in [4.78, 5) is 10.5. The van der Waals surface area contributed by atoms with Gasteiger partial charge in [0.05, 0.1) is 5.60 Å². The summed E-state index contributed by atoms with van der Waals surface area (Å²) < 4.78 is 5.45. The molecule has 0 bridgehead atoms. The monoisotopic (exact) mass is 215 g/mol. The molecular formula is C11H21NO3. The summed E-state index contributed by atoms with van der Waals surface area (Å²) in [6.07, 6.45) is 3.82. The van der Waals surface area contributed by atoms with Gasteiger partial charge >= 0.3 is 5.97 Å². The Balaban J connectivity index is 2.52. The number of hydrogen-bond donors (Lipinski definition) is 2. The van der Waals surface area contributed by atoms with E-state index in [2.05, 4.69) is 13.8 Å². The summed E-state index contributed by atoms with van der Waals surface area (Å²) in [5.41, 5.74) is 5.64. The SMILES string of the molecule is CC1(C)CCC(CN)(OCC(=O)O)CC1. The molecule has 0 aromatic rings. The van der Waals surface area contributed by atoms with E-state index < -0.39 is 11.6 Å². The van der Waals surface area contributed by atoms with Gasteiger partial charge in [0.2, 0.25) is 0 Å². The van der Waals surface area contributed by atoms with Crippen LogP contribution in [0.2, 0.25) is 0 Å². The largest absolute Gasteiger partial charge is 0.480 e. The Morgan fingerprint density at radius 3 is 2.27 bits per heavy atom. The van der Waals surface area contributed by atoms with Gasteiger partial charge in [0.15, 0.2) is 0 Å². The molecule has 0 saturated heterocycles. The van der Waals surface area contributed by atoms with Gasteiger partial charge in [-0.3, -0.25) is 0 Å². The average molecular weight is 215 g/mol. The number of nitrogens with two attached hydrogens (primary N) is 1. The fraction of sp³-hybridized carbons (Fsp3) is 0.909. The van der Waals surface area contributed by atoms with Crippen molar-refractivity contribution < 1.29 is 14.6 Å². The van der Waals surface area contributed by atoms with E-state index in [1.54, 1.807) is 0 Å². The van der Waals surface area contributed by atoms with E-state index in [0.717, 1.165) is 25.7 Å². The quantitative estimate of drug-likeness (QED) is 0.743. The van der Waals surface area contributed by atoms with Gasteiger partial charge in [-0.2, -0.15) is 0 Å². The third kappa shape index (κ3) is 3.47. The highest BCUT2D eigenvalue weighted by Gasteiger charge is 2.38. The number of rotatable bonds is 4. The summed E-state index contributed by atoms with van der Waals surface area (Å²) >= 11 is 0. The number of carboxylic acids is 1. The second-order valence-electron chi connectivity index (χ2n) is 5.23. The molecule has 0 aromatic heterocycles. The van der Waals surface area contributed by atoms with E-state index in [1.165, 1.54) is 0 Å². The fourth-order valence-corrected chi connectivity index (χ4v) is 2.00. The molecule has 1 rings (SSSR count). The molecule has 15 heavy (non-hydrogen) atoms. The number of ether oxygens (including phenoxy) is 1. The summed E-state index contributed by atoms with van der Waals surface area (Å²) in [5, 5.41) is 8.59. The first kappa shape index (κ1) is 12.5. The first-order chi connectivity index (χ1) is 6.89. The Hall–Kier alpha value is -0.610. The zero-order valence-electron chi connectivity index (χ0n) is 9.58. The molecule has 0 unspecified atom stereocenters. The highest BCUT2D eigenvalue weighted by Crippen LogP contribution is 2.41. The van der Waals surface area contributed by atoms with Gasteiger partial charge in [0.1, 0.15) is 6.61 Å². The smallest absolute Gasteiger partial charge is 0.329 e. The van der Waals surface area contributed by atoms with Gasteiger partial charge in [-0.05, 0) is 31.1 Å². The summed E-state index contributed by atoms with van der Waals surface area (Å²) in [6.45, 7) is 4.63. The maximum absolute atomic E-state index is 10.5. The fourth-order valence-electron chi connectivity index (χ4n) is 2.00. The average Bonchev–Trinajstić information content (AvgIpc) is 2.17. The van der Waals surface area contributed by atoms with Crippen LogP contribution in [0, 0.1) is 5.41 Å². The van der Waals surface area contributed by atoms with Crippen LogP contribution in [0.3, 0.4) is 0 Å². The Labute approximate surface area is 90.8 Å². The second-order valence-corrected chi connectivity index (χ2v) is 5.23. The Kier molecular flexibility index (Phi) is 3.73. The number of aliphatic carboxylic acids is 1. The van der Waals surface area contributed by atoms with Crippen molar-refractivity contribution in [1.82, 2.24) is 0 Å². The van der Waals surface area contributed by atoms with E-state index in [4.69, 9.17) is 15.6 Å². The summed E-state index contributed by atoms with van der Waals surface area (Å²) in [5.74, 6) is -0.923. The van der Waals surface area contributed by atoms with Crippen molar-refractivity contribution in [2.75, 3.05) is 13.2 Å². The molecule has 4 nitrogen and oxygen atoms in total. The minimum atomic E-state index is -0.923. The third-order valence-corrected chi connectivity index (χ3v) is 3.39. The molecule has 3 N–H and O–H groups in total. The lowest BCUT2D eigenvalue weighted by Gasteiger charge is -2.42. The molecule has 88 valence electrons. The van der Waals surface area contributed by atoms with E-state index in [0.29, 0.717) is 12.0 Å².